The second kappa shape index (κ2) is 6.82. The SMILES string of the molecule is OC[C@@H](O)[C@@H]1OC(c2ccccc2Cl)O[C@H]1[C@@H](O)CO. The van der Waals surface area contributed by atoms with Crippen LogP contribution in [-0.2, 0) is 9.47 Å². The number of aliphatic hydroxyl groups excluding tert-OH is 4. The van der Waals surface area contributed by atoms with E-state index in [1.54, 1.807) is 24.3 Å². The summed E-state index contributed by atoms with van der Waals surface area (Å²) in [4.78, 5) is 0. The quantitative estimate of drug-likeness (QED) is 0.603. The van der Waals surface area contributed by atoms with Gasteiger partial charge in [-0.1, -0.05) is 29.8 Å². The van der Waals surface area contributed by atoms with E-state index in [0.717, 1.165) is 0 Å². The molecule has 0 bridgehead atoms. The lowest BCUT2D eigenvalue weighted by Gasteiger charge is -2.23. The highest BCUT2D eigenvalue weighted by Gasteiger charge is 2.44. The second-order valence-electron chi connectivity index (χ2n) is 4.55. The summed E-state index contributed by atoms with van der Waals surface area (Å²) in [6.45, 7) is -1.09. The summed E-state index contributed by atoms with van der Waals surface area (Å²) < 4.78 is 11.1. The molecule has 1 heterocycles. The van der Waals surface area contributed by atoms with Gasteiger partial charge < -0.3 is 29.9 Å². The highest BCUT2D eigenvalue weighted by atomic mass is 35.5. The Kier molecular flexibility index (Phi) is 5.34. The molecule has 1 aliphatic rings. The Balaban J connectivity index is 2.21. The number of ether oxygens (including phenoxy) is 2. The fraction of sp³-hybridized carbons (Fsp3) is 0.538. The van der Waals surface area contributed by atoms with E-state index in [1.807, 2.05) is 0 Å². The number of halogens is 1. The smallest absolute Gasteiger partial charge is 0.186 e. The third-order valence-electron chi connectivity index (χ3n) is 3.18. The van der Waals surface area contributed by atoms with E-state index >= 15 is 0 Å². The second-order valence-corrected chi connectivity index (χ2v) is 4.96. The van der Waals surface area contributed by atoms with E-state index in [2.05, 4.69) is 0 Å². The monoisotopic (exact) mass is 304 g/mol. The number of hydrogen-bond donors (Lipinski definition) is 4. The lowest BCUT2D eigenvalue weighted by Crippen LogP contribution is -2.45. The summed E-state index contributed by atoms with van der Waals surface area (Å²) in [5.41, 5.74) is 0.553. The highest BCUT2D eigenvalue weighted by Crippen LogP contribution is 2.37. The lowest BCUT2D eigenvalue weighted by molar-refractivity contribution is -0.0957. The van der Waals surface area contributed by atoms with Gasteiger partial charge in [-0.25, -0.2) is 0 Å². The van der Waals surface area contributed by atoms with Gasteiger partial charge in [-0.3, -0.25) is 0 Å². The number of hydrogen-bond acceptors (Lipinski definition) is 6. The highest BCUT2D eigenvalue weighted by molar-refractivity contribution is 6.31. The maximum Gasteiger partial charge on any atom is 0.186 e. The molecule has 1 fully saturated rings. The van der Waals surface area contributed by atoms with Crippen LogP contribution in [0.15, 0.2) is 24.3 Å². The fourth-order valence-electron chi connectivity index (χ4n) is 2.11. The molecule has 1 aliphatic heterocycles. The lowest BCUT2D eigenvalue weighted by atomic mass is 10.0. The fourth-order valence-corrected chi connectivity index (χ4v) is 2.34. The van der Waals surface area contributed by atoms with Crippen LogP contribution in [-0.4, -0.2) is 58.1 Å². The summed E-state index contributed by atoms with van der Waals surface area (Å²) in [5.74, 6) is 0. The van der Waals surface area contributed by atoms with Crippen molar-refractivity contribution in [2.24, 2.45) is 0 Å². The van der Waals surface area contributed by atoms with Crippen LogP contribution < -0.4 is 0 Å². The van der Waals surface area contributed by atoms with Gasteiger partial charge in [0.25, 0.3) is 0 Å². The summed E-state index contributed by atoms with van der Waals surface area (Å²) in [5, 5.41) is 37.9. The average molecular weight is 305 g/mol. The molecule has 0 aromatic heterocycles. The van der Waals surface area contributed by atoms with Gasteiger partial charge in [0.05, 0.1) is 13.2 Å². The number of benzene rings is 1. The molecule has 0 spiro atoms. The van der Waals surface area contributed by atoms with Crippen molar-refractivity contribution in [3.8, 4) is 0 Å². The minimum Gasteiger partial charge on any atom is -0.394 e. The zero-order valence-electron chi connectivity index (χ0n) is 10.6. The molecule has 6 nitrogen and oxygen atoms in total. The minimum absolute atomic E-state index is 0.425. The van der Waals surface area contributed by atoms with E-state index in [4.69, 9.17) is 31.3 Å². The van der Waals surface area contributed by atoms with E-state index in [1.165, 1.54) is 0 Å². The van der Waals surface area contributed by atoms with E-state index in [-0.39, 0.29) is 0 Å². The molecule has 1 unspecified atom stereocenters. The van der Waals surface area contributed by atoms with Crippen LogP contribution in [0.25, 0.3) is 0 Å². The van der Waals surface area contributed by atoms with Crippen molar-refractivity contribution in [3.63, 3.8) is 0 Å². The van der Waals surface area contributed by atoms with Crippen LogP contribution in [0.1, 0.15) is 11.9 Å². The Morgan fingerprint density at radius 2 is 1.50 bits per heavy atom. The Morgan fingerprint density at radius 1 is 1.00 bits per heavy atom. The molecular weight excluding hydrogens is 288 g/mol. The largest absolute Gasteiger partial charge is 0.394 e. The van der Waals surface area contributed by atoms with Crippen molar-refractivity contribution in [1.82, 2.24) is 0 Å². The van der Waals surface area contributed by atoms with Crippen LogP contribution in [0.2, 0.25) is 5.02 Å². The van der Waals surface area contributed by atoms with Gasteiger partial charge in [0.15, 0.2) is 6.29 Å². The van der Waals surface area contributed by atoms with E-state index in [0.29, 0.717) is 10.6 Å². The molecule has 0 amide bonds. The molecule has 0 aliphatic carbocycles. The Hall–Kier alpha value is -0.730. The van der Waals surface area contributed by atoms with Crippen molar-refractivity contribution < 1.29 is 29.9 Å². The Bertz CT molecular complexity index is 425. The summed E-state index contributed by atoms with van der Waals surface area (Å²) in [7, 11) is 0. The van der Waals surface area contributed by atoms with Crippen molar-refractivity contribution in [2.45, 2.75) is 30.7 Å². The first-order valence-corrected chi connectivity index (χ1v) is 6.59. The maximum absolute atomic E-state index is 9.73. The third-order valence-corrected chi connectivity index (χ3v) is 3.52. The number of aliphatic hydroxyl groups is 4. The molecule has 20 heavy (non-hydrogen) atoms. The molecule has 0 saturated carbocycles. The van der Waals surface area contributed by atoms with Gasteiger partial charge in [0, 0.05) is 10.6 Å². The molecule has 1 aromatic carbocycles. The topological polar surface area (TPSA) is 99.4 Å². The molecule has 7 heteroatoms. The Morgan fingerprint density at radius 3 is 1.95 bits per heavy atom. The molecule has 1 aromatic rings. The van der Waals surface area contributed by atoms with Gasteiger partial charge in [-0.05, 0) is 6.07 Å². The van der Waals surface area contributed by atoms with E-state index in [9.17, 15) is 10.2 Å². The first-order valence-electron chi connectivity index (χ1n) is 6.21. The summed E-state index contributed by atoms with van der Waals surface area (Å²) >= 11 is 6.04. The van der Waals surface area contributed by atoms with Gasteiger partial charge in [0.2, 0.25) is 0 Å². The van der Waals surface area contributed by atoms with Gasteiger partial charge in [-0.15, -0.1) is 0 Å². The first-order chi connectivity index (χ1) is 9.58. The molecule has 1 saturated heterocycles. The van der Waals surface area contributed by atoms with Crippen molar-refractivity contribution in [2.75, 3.05) is 13.2 Å². The zero-order chi connectivity index (χ0) is 14.7. The van der Waals surface area contributed by atoms with E-state index < -0.39 is 43.9 Å². The zero-order valence-corrected chi connectivity index (χ0v) is 11.3. The van der Waals surface area contributed by atoms with Crippen molar-refractivity contribution >= 4 is 11.6 Å². The van der Waals surface area contributed by atoms with Crippen molar-refractivity contribution in [1.29, 1.82) is 0 Å². The van der Waals surface area contributed by atoms with Crippen LogP contribution in [0.3, 0.4) is 0 Å². The predicted octanol–water partition coefficient (Wildman–Crippen LogP) is -0.171. The van der Waals surface area contributed by atoms with Gasteiger partial charge in [0.1, 0.15) is 24.4 Å². The maximum atomic E-state index is 9.73. The first kappa shape index (κ1) is 15.7. The predicted molar refractivity (Wildman–Crippen MR) is 70.1 cm³/mol. The van der Waals surface area contributed by atoms with Crippen LogP contribution in [0, 0.1) is 0 Å². The minimum atomic E-state index is -1.23. The van der Waals surface area contributed by atoms with Crippen molar-refractivity contribution in [3.05, 3.63) is 34.9 Å². The van der Waals surface area contributed by atoms with Crippen LogP contribution in [0.4, 0.5) is 0 Å². The third kappa shape index (κ3) is 3.12. The molecule has 0 radical (unpaired) electrons. The normalized spacial score (nSPS) is 29.4. The molecule has 112 valence electrons. The van der Waals surface area contributed by atoms with Gasteiger partial charge >= 0.3 is 0 Å². The van der Waals surface area contributed by atoms with Crippen LogP contribution >= 0.6 is 11.6 Å². The molecular formula is C13H17ClO6. The van der Waals surface area contributed by atoms with Crippen LogP contribution in [0.5, 0.6) is 0 Å². The molecule has 4 N–H and O–H groups in total. The van der Waals surface area contributed by atoms with Gasteiger partial charge in [-0.2, -0.15) is 0 Å². The standard InChI is InChI=1S/C13H17ClO6/c14-8-4-2-1-3-7(8)13-19-11(9(17)5-15)12(20-13)10(18)6-16/h1-4,9-13,15-18H,5-6H2/t9-,10+,11-,12-,13?/m0/s1. The molecule has 5 atom stereocenters. The average Bonchev–Trinajstić information content (AvgIpc) is 2.91. The summed E-state index contributed by atoms with van der Waals surface area (Å²) in [6, 6.07) is 6.86. The number of rotatable bonds is 5. The Labute approximate surface area is 121 Å². The molecule has 2 rings (SSSR count). The summed E-state index contributed by atoms with van der Waals surface area (Å²) in [6.07, 6.45) is -5.24.